The van der Waals surface area contributed by atoms with Gasteiger partial charge in [-0.25, -0.2) is 13.2 Å². The predicted octanol–water partition coefficient (Wildman–Crippen LogP) is 3.35. The average molecular weight is 388 g/mol. The standard InChI is InChI=1S/C17H12N2O7S/c20-17(21)15-10-9-14(26-15)11-5-1-2-6-12(11)18-27(24,25)16-8-4-3-7-13(16)19(22)23/h1-10,18H,(H,20,21). The molecule has 3 rings (SSSR count). The molecule has 9 nitrogen and oxygen atoms in total. The summed E-state index contributed by atoms with van der Waals surface area (Å²) in [5.41, 5.74) is -0.192. The molecule has 0 atom stereocenters. The summed E-state index contributed by atoms with van der Waals surface area (Å²) in [6, 6.07) is 13.7. The highest BCUT2D eigenvalue weighted by Crippen LogP contribution is 2.32. The second-order valence-electron chi connectivity index (χ2n) is 5.34. The van der Waals surface area contributed by atoms with E-state index in [0.29, 0.717) is 0 Å². The minimum atomic E-state index is -4.28. The van der Waals surface area contributed by atoms with Gasteiger partial charge in [-0.2, -0.15) is 0 Å². The van der Waals surface area contributed by atoms with Crippen LogP contribution in [0, 0.1) is 10.1 Å². The summed E-state index contributed by atoms with van der Waals surface area (Å²) in [4.78, 5) is 20.8. The van der Waals surface area contributed by atoms with Gasteiger partial charge in [-0.05, 0) is 30.3 Å². The Morgan fingerprint density at radius 1 is 1.04 bits per heavy atom. The van der Waals surface area contributed by atoms with Crippen molar-refractivity contribution in [2.75, 3.05) is 4.72 Å². The van der Waals surface area contributed by atoms with Crippen molar-refractivity contribution >= 4 is 27.4 Å². The van der Waals surface area contributed by atoms with Gasteiger partial charge in [0.2, 0.25) is 5.76 Å². The maximum Gasteiger partial charge on any atom is 0.371 e. The predicted molar refractivity (Wildman–Crippen MR) is 95.0 cm³/mol. The Morgan fingerprint density at radius 3 is 2.37 bits per heavy atom. The molecule has 0 saturated carbocycles. The number of nitrogens with one attached hydrogen (secondary N) is 1. The Kier molecular flexibility index (Phi) is 4.65. The summed E-state index contributed by atoms with van der Waals surface area (Å²) in [7, 11) is -4.28. The lowest BCUT2D eigenvalue weighted by Crippen LogP contribution is -2.15. The molecule has 0 saturated heterocycles. The number of nitrogens with zero attached hydrogens (tertiary/aromatic N) is 1. The lowest BCUT2D eigenvalue weighted by atomic mass is 10.1. The summed E-state index contributed by atoms with van der Waals surface area (Å²) < 4.78 is 32.9. The number of anilines is 1. The molecule has 1 aromatic heterocycles. The van der Waals surface area contributed by atoms with Crippen molar-refractivity contribution in [2.45, 2.75) is 4.90 Å². The van der Waals surface area contributed by atoms with Gasteiger partial charge >= 0.3 is 5.97 Å². The Morgan fingerprint density at radius 2 is 1.70 bits per heavy atom. The zero-order valence-corrected chi connectivity index (χ0v) is 14.3. The maximum absolute atomic E-state index is 12.7. The van der Waals surface area contributed by atoms with Crippen molar-refractivity contribution < 1.29 is 27.7 Å². The van der Waals surface area contributed by atoms with E-state index in [2.05, 4.69) is 4.72 Å². The highest BCUT2D eigenvalue weighted by molar-refractivity contribution is 7.92. The van der Waals surface area contributed by atoms with Gasteiger partial charge in [0.15, 0.2) is 4.90 Å². The Hall–Kier alpha value is -3.66. The van der Waals surface area contributed by atoms with Crippen LogP contribution >= 0.6 is 0 Å². The number of para-hydroxylation sites is 2. The first-order chi connectivity index (χ1) is 12.8. The summed E-state index contributed by atoms with van der Waals surface area (Å²) in [5.74, 6) is -1.44. The first kappa shape index (κ1) is 18.1. The number of carboxylic acids is 1. The molecule has 1 heterocycles. The molecule has 0 amide bonds. The fourth-order valence-corrected chi connectivity index (χ4v) is 3.67. The number of sulfonamides is 1. The van der Waals surface area contributed by atoms with Gasteiger partial charge in [0.05, 0.1) is 10.6 Å². The number of carbonyl (C=O) groups is 1. The number of nitro benzene ring substituents is 1. The van der Waals surface area contributed by atoms with Gasteiger partial charge in [0.1, 0.15) is 5.76 Å². The SMILES string of the molecule is O=C(O)c1ccc(-c2ccccc2NS(=O)(=O)c2ccccc2[N+](=O)[O-])o1. The fourth-order valence-electron chi connectivity index (χ4n) is 2.42. The van der Waals surface area contributed by atoms with Crippen molar-refractivity contribution in [3.8, 4) is 11.3 Å². The van der Waals surface area contributed by atoms with E-state index in [1.54, 1.807) is 12.1 Å². The number of carboxylic acid groups (broad SMARTS) is 1. The van der Waals surface area contributed by atoms with Crippen LogP contribution in [0.1, 0.15) is 10.6 Å². The zero-order valence-electron chi connectivity index (χ0n) is 13.5. The topological polar surface area (TPSA) is 140 Å². The number of nitro groups is 1. The lowest BCUT2D eigenvalue weighted by Gasteiger charge is -2.11. The van der Waals surface area contributed by atoms with Crippen LogP contribution in [0.2, 0.25) is 0 Å². The molecule has 0 bridgehead atoms. The van der Waals surface area contributed by atoms with Crippen LogP contribution in [0.15, 0.2) is 70.0 Å². The van der Waals surface area contributed by atoms with Crippen molar-refractivity contribution in [1.29, 1.82) is 0 Å². The second kappa shape index (κ2) is 6.92. The van der Waals surface area contributed by atoms with Crippen molar-refractivity contribution in [1.82, 2.24) is 0 Å². The van der Waals surface area contributed by atoms with Crippen LogP contribution in [0.4, 0.5) is 11.4 Å². The van der Waals surface area contributed by atoms with Crippen LogP contribution in [-0.4, -0.2) is 24.4 Å². The number of benzene rings is 2. The Balaban J connectivity index is 2.04. The first-order valence-corrected chi connectivity index (χ1v) is 8.96. The monoisotopic (exact) mass is 388 g/mol. The minimum absolute atomic E-state index is 0.0851. The number of hydrogen-bond donors (Lipinski definition) is 2. The van der Waals surface area contributed by atoms with Gasteiger partial charge in [-0.15, -0.1) is 0 Å². The summed E-state index contributed by atoms with van der Waals surface area (Å²) in [5, 5.41) is 20.1. The van der Waals surface area contributed by atoms with E-state index in [1.807, 2.05) is 0 Å². The molecule has 0 fully saturated rings. The molecular weight excluding hydrogens is 376 g/mol. The summed E-state index contributed by atoms with van der Waals surface area (Å²) in [6.45, 7) is 0. The molecule has 27 heavy (non-hydrogen) atoms. The number of hydrogen-bond acceptors (Lipinski definition) is 6. The van der Waals surface area contributed by atoms with E-state index in [9.17, 15) is 23.3 Å². The normalized spacial score (nSPS) is 11.1. The van der Waals surface area contributed by atoms with Crippen LogP contribution in [0.3, 0.4) is 0 Å². The van der Waals surface area contributed by atoms with Crippen LogP contribution in [0.25, 0.3) is 11.3 Å². The summed E-state index contributed by atoms with van der Waals surface area (Å²) >= 11 is 0. The van der Waals surface area contributed by atoms with Crippen LogP contribution in [-0.2, 0) is 10.0 Å². The van der Waals surface area contributed by atoms with Crippen LogP contribution < -0.4 is 4.72 Å². The van der Waals surface area contributed by atoms with Crippen molar-refractivity contribution in [2.24, 2.45) is 0 Å². The number of rotatable bonds is 6. The third kappa shape index (κ3) is 3.65. The molecule has 2 aromatic carbocycles. The Bertz CT molecular complexity index is 1140. The lowest BCUT2D eigenvalue weighted by molar-refractivity contribution is -0.387. The molecule has 2 N–H and O–H groups in total. The third-order valence-corrected chi connectivity index (χ3v) is 5.02. The van der Waals surface area contributed by atoms with E-state index < -0.39 is 31.5 Å². The minimum Gasteiger partial charge on any atom is -0.475 e. The first-order valence-electron chi connectivity index (χ1n) is 7.48. The fraction of sp³-hybridized carbons (Fsp3) is 0. The number of furan rings is 1. The van der Waals surface area contributed by atoms with E-state index >= 15 is 0 Å². The molecule has 0 radical (unpaired) electrons. The molecule has 0 aliphatic heterocycles. The third-order valence-electron chi connectivity index (χ3n) is 3.61. The van der Waals surface area contributed by atoms with Crippen molar-refractivity contribution in [3.05, 3.63) is 76.5 Å². The molecule has 0 unspecified atom stereocenters. The van der Waals surface area contributed by atoms with E-state index in [4.69, 9.17) is 9.52 Å². The largest absolute Gasteiger partial charge is 0.475 e. The van der Waals surface area contributed by atoms with Gasteiger partial charge in [0, 0.05) is 11.6 Å². The maximum atomic E-state index is 12.7. The second-order valence-corrected chi connectivity index (χ2v) is 7.00. The van der Waals surface area contributed by atoms with E-state index in [1.165, 1.54) is 36.4 Å². The highest BCUT2D eigenvalue weighted by Gasteiger charge is 2.26. The molecule has 10 heteroatoms. The smallest absolute Gasteiger partial charge is 0.371 e. The molecular formula is C17H12N2O7S. The molecule has 138 valence electrons. The van der Waals surface area contributed by atoms with Gasteiger partial charge in [0.25, 0.3) is 15.7 Å². The van der Waals surface area contributed by atoms with E-state index in [0.717, 1.165) is 12.1 Å². The molecule has 0 spiro atoms. The molecule has 0 aliphatic carbocycles. The molecule has 0 aliphatic rings. The zero-order chi connectivity index (χ0) is 19.6. The van der Waals surface area contributed by atoms with Crippen LogP contribution in [0.5, 0.6) is 0 Å². The van der Waals surface area contributed by atoms with E-state index in [-0.39, 0.29) is 22.8 Å². The number of aromatic carboxylic acids is 1. The summed E-state index contributed by atoms with van der Waals surface area (Å²) in [6.07, 6.45) is 0. The quantitative estimate of drug-likeness (QED) is 0.487. The Labute approximate surface area is 153 Å². The highest BCUT2D eigenvalue weighted by atomic mass is 32.2. The van der Waals surface area contributed by atoms with Gasteiger partial charge in [-0.3, -0.25) is 14.8 Å². The molecule has 3 aromatic rings. The van der Waals surface area contributed by atoms with Gasteiger partial charge in [-0.1, -0.05) is 24.3 Å². The van der Waals surface area contributed by atoms with Gasteiger partial charge < -0.3 is 9.52 Å². The average Bonchev–Trinajstić information content (AvgIpc) is 3.12. The van der Waals surface area contributed by atoms with Crippen molar-refractivity contribution in [3.63, 3.8) is 0 Å².